The Hall–Kier alpha value is -4.39. The van der Waals surface area contributed by atoms with Crippen molar-refractivity contribution in [2.75, 3.05) is 0 Å². The molecule has 7 aromatic rings. The molecule has 7 rings (SSSR count). The van der Waals surface area contributed by atoms with Crippen LogP contribution in [0.4, 0.5) is 0 Å². The van der Waals surface area contributed by atoms with E-state index >= 15 is 0 Å². The first kappa shape index (κ1) is 25.6. The normalized spacial score (nSPS) is 12.6. The van der Waals surface area contributed by atoms with Gasteiger partial charge in [-0.3, -0.25) is 0 Å². The largest absolute Gasteiger partial charge is 0.456 e. The molecule has 41 heavy (non-hydrogen) atoms. The highest BCUT2D eigenvalue weighted by Crippen LogP contribution is 2.34. The first-order valence-corrected chi connectivity index (χ1v) is 13.8. The summed E-state index contributed by atoms with van der Waals surface area (Å²) in [6, 6.07) is 32.7. The van der Waals surface area contributed by atoms with Crippen LogP contribution in [0.25, 0.3) is 66.4 Å². The molecule has 2 aromatic heterocycles. The minimum Gasteiger partial charge on any atom is -0.456 e. The van der Waals surface area contributed by atoms with Crippen molar-refractivity contribution in [1.82, 2.24) is 4.98 Å². The van der Waals surface area contributed by atoms with Gasteiger partial charge in [-0.2, -0.15) is 0 Å². The highest BCUT2D eigenvalue weighted by Gasteiger charge is 2.36. The first-order chi connectivity index (χ1) is 19.7. The van der Waals surface area contributed by atoms with Gasteiger partial charge in [-0.1, -0.05) is 54.6 Å². The molecule has 1 radical (unpaired) electrons. The number of furan rings is 1. The summed E-state index contributed by atoms with van der Waals surface area (Å²) < 4.78 is 18.5. The molecule has 2 heterocycles. The van der Waals surface area contributed by atoms with Gasteiger partial charge >= 0.3 is 7.48 Å². The summed E-state index contributed by atoms with van der Waals surface area (Å²) in [6.07, 6.45) is 0. The van der Waals surface area contributed by atoms with Crippen LogP contribution in [0.1, 0.15) is 27.7 Å². The lowest BCUT2D eigenvalue weighted by Gasteiger charge is -2.37. The first-order valence-electron chi connectivity index (χ1n) is 13.8. The Bertz CT molecular complexity index is 2030. The van der Waals surface area contributed by atoms with E-state index in [1.54, 1.807) is 21.3 Å². The van der Waals surface area contributed by atoms with Crippen LogP contribution in [-0.4, -0.2) is 28.8 Å². The molecular formula is C35H29BNO4. The molecule has 0 spiro atoms. The van der Waals surface area contributed by atoms with Crippen molar-refractivity contribution in [1.29, 1.82) is 0 Å². The number of hydrogen-bond acceptors (Lipinski definition) is 5. The predicted octanol–water partition coefficient (Wildman–Crippen LogP) is 8.03. The second-order valence-corrected chi connectivity index (χ2v) is 11.6. The molecule has 0 aliphatic heterocycles. The van der Waals surface area contributed by atoms with Crippen LogP contribution in [0, 0.1) is 0 Å². The average Bonchev–Trinajstić information content (AvgIpc) is 3.55. The molecule has 0 aliphatic rings. The van der Waals surface area contributed by atoms with Crippen molar-refractivity contribution >= 4 is 56.8 Å². The van der Waals surface area contributed by atoms with Crippen LogP contribution in [0.2, 0.25) is 0 Å². The Morgan fingerprint density at radius 2 is 1.41 bits per heavy atom. The molecule has 0 amide bonds. The molecule has 1 N–H and O–H groups in total. The molecule has 0 saturated heterocycles. The zero-order chi connectivity index (χ0) is 28.4. The SMILES string of the molecule is CC(C)(O)C(C)(C)O[B]c1cccc2oc3cc(-c4cccc(-c5nc6cc7ccccc7cc6o5)c4)ccc3c12. The van der Waals surface area contributed by atoms with Gasteiger partial charge < -0.3 is 18.6 Å². The van der Waals surface area contributed by atoms with E-state index < -0.39 is 11.2 Å². The van der Waals surface area contributed by atoms with E-state index in [9.17, 15) is 5.11 Å². The van der Waals surface area contributed by atoms with Crippen LogP contribution in [0.3, 0.4) is 0 Å². The second kappa shape index (κ2) is 9.33. The fourth-order valence-corrected chi connectivity index (χ4v) is 5.05. The molecular weight excluding hydrogens is 509 g/mol. The summed E-state index contributed by atoms with van der Waals surface area (Å²) in [5.41, 5.74) is 5.30. The Kier molecular flexibility index (Phi) is 5.82. The number of aliphatic hydroxyl groups is 1. The van der Waals surface area contributed by atoms with Gasteiger partial charge in [0.05, 0.1) is 11.2 Å². The number of nitrogens with zero attached hydrogens (tertiary/aromatic N) is 1. The molecule has 0 fully saturated rings. The minimum absolute atomic E-state index is 0.594. The number of fused-ring (bicyclic) bond motifs is 5. The maximum atomic E-state index is 10.5. The molecule has 0 atom stereocenters. The van der Waals surface area contributed by atoms with Gasteiger partial charge in [0.2, 0.25) is 5.89 Å². The maximum absolute atomic E-state index is 10.5. The van der Waals surface area contributed by atoms with Crippen molar-refractivity contribution in [3.63, 3.8) is 0 Å². The van der Waals surface area contributed by atoms with Crippen LogP contribution >= 0.6 is 0 Å². The third-order valence-corrected chi connectivity index (χ3v) is 8.18. The van der Waals surface area contributed by atoms with Crippen molar-refractivity contribution < 1.29 is 18.6 Å². The van der Waals surface area contributed by atoms with Crippen molar-refractivity contribution in [2.24, 2.45) is 0 Å². The van der Waals surface area contributed by atoms with E-state index in [4.69, 9.17) is 18.5 Å². The molecule has 5 aromatic carbocycles. The van der Waals surface area contributed by atoms with Crippen molar-refractivity contribution in [3.05, 3.63) is 97.1 Å². The summed E-state index contributed by atoms with van der Waals surface area (Å²) in [5.74, 6) is 0.594. The molecule has 0 bridgehead atoms. The van der Waals surface area contributed by atoms with Crippen molar-refractivity contribution in [3.8, 4) is 22.6 Å². The van der Waals surface area contributed by atoms with Gasteiger partial charge in [0, 0.05) is 16.3 Å². The van der Waals surface area contributed by atoms with Gasteiger partial charge in [0.1, 0.15) is 16.7 Å². The van der Waals surface area contributed by atoms with E-state index in [0.717, 1.165) is 66.0 Å². The van der Waals surface area contributed by atoms with E-state index in [1.807, 2.05) is 62.4 Å². The summed E-state index contributed by atoms with van der Waals surface area (Å²) in [7, 11) is 1.72. The number of benzene rings is 5. The quantitative estimate of drug-likeness (QED) is 0.217. The van der Waals surface area contributed by atoms with E-state index in [-0.39, 0.29) is 0 Å². The van der Waals surface area contributed by atoms with E-state index in [1.165, 1.54) is 0 Å². The number of aromatic nitrogens is 1. The smallest absolute Gasteiger partial charge is 0.331 e. The third-order valence-electron chi connectivity index (χ3n) is 8.18. The van der Waals surface area contributed by atoms with Gasteiger partial charge in [-0.25, -0.2) is 4.98 Å². The topological polar surface area (TPSA) is 68.6 Å². The monoisotopic (exact) mass is 538 g/mol. The van der Waals surface area contributed by atoms with E-state index in [0.29, 0.717) is 5.89 Å². The van der Waals surface area contributed by atoms with Gasteiger partial charge in [0.25, 0.3) is 0 Å². The predicted molar refractivity (Wildman–Crippen MR) is 167 cm³/mol. The lowest BCUT2D eigenvalue weighted by atomic mass is 9.80. The summed E-state index contributed by atoms with van der Waals surface area (Å²) in [5, 5.41) is 14.8. The van der Waals surface area contributed by atoms with Gasteiger partial charge in [0.15, 0.2) is 5.58 Å². The minimum atomic E-state index is -1.01. The molecule has 0 unspecified atom stereocenters. The molecule has 5 nitrogen and oxygen atoms in total. The summed E-state index contributed by atoms with van der Waals surface area (Å²) in [6.45, 7) is 7.25. The third kappa shape index (κ3) is 4.50. The van der Waals surface area contributed by atoms with Crippen LogP contribution in [-0.2, 0) is 4.65 Å². The number of oxazole rings is 1. The average molecular weight is 538 g/mol. The summed E-state index contributed by atoms with van der Waals surface area (Å²) >= 11 is 0. The highest BCUT2D eigenvalue weighted by molar-refractivity contribution is 6.52. The van der Waals surface area contributed by atoms with Crippen LogP contribution in [0.5, 0.6) is 0 Å². The Balaban J connectivity index is 1.24. The molecule has 6 heteroatoms. The molecule has 0 aliphatic carbocycles. The van der Waals surface area contributed by atoms with Gasteiger partial charge in [-0.15, -0.1) is 0 Å². The molecule has 0 saturated carbocycles. The second-order valence-electron chi connectivity index (χ2n) is 11.6. The zero-order valence-electron chi connectivity index (χ0n) is 23.4. The zero-order valence-corrected chi connectivity index (χ0v) is 23.4. The van der Waals surface area contributed by atoms with Crippen molar-refractivity contribution in [2.45, 2.75) is 38.9 Å². The van der Waals surface area contributed by atoms with Crippen LogP contribution in [0.15, 0.2) is 106 Å². The fourth-order valence-electron chi connectivity index (χ4n) is 5.05. The standard InChI is InChI=1S/C35H29BNO4/c1-34(2,38)35(3,4)41-36-27-13-8-14-29-32(27)26-16-15-24(19-30(26)39-29)21-11-7-12-25(17-21)33-37-28-18-22-9-5-6-10-23(22)20-31(28)40-33/h5-20,38H,1-4H3. The van der Waals surface area contributed by atoms with Gasteiger partial charge in [-0.05, 0) is 97.5 Å². The Morgan fingerprint density at radius 1 is 0.683 bits per heavy atom. The lowest BCUT2D eigenvalue weighted by molar-refractivity contribution is -0.0893. The summed E-state index contributed by atoms with van der Waals surface area (Å²) in [4.78, 5) is 4.79. The number of hydrogen-bond donors (Lipinski definition) is 1. The number of rotatable bonds is 6. The Morgan fingerprint density at radius 3 is 2.22 bits per heavy atom. The Labute approximate surface area is 238 Å². The highest BCUT2D eigenvalue weighted by atomic mass is 16.5. The lowest BCUT2D eigenvalue weighted by Crippen LogP contribution is -2.49. The molecule has 201 valence electrons. The fraction of sp³-hybridized carbons (Fsp3) is 0.171. The maximum Gasteiger partial charge on any atom is 0.331 e. The van der Waals surface area contributed by atoms with Crippen LogP contribution < -0.4 is 5.46 Å². The van der Waals surface area contributed by atoms with E-state index in [2.05, 4.69) is 48.5 Å².